The molecule has 0 aliphatic carbocycles. The average molecular weight is 177 g/mol. The van der Waals surface area contributed by atoms with Gasteiger partial charge in [0.25, 0.3) is 5.91 Å². The van der Waals surface area contributed by atoms with Crippen LogP contribution in [0.4, 0.5) is 0 Å². The van der Waals surface area contributed by atoms with E-state index in [2.05, 4.69) is 5.32 Å². The topological polar surface area (TPSA) is 52.9 Å². The smallest absolute Gasteiger partial charge is 0.255 e. The summed E-state index contributed by atoms with van der Waals surface area (Å²) >= 11 is 0. The normalized spacial score (nSPS) is 12.4. The third kappa shape index (κ3) is 2.87. The Balaban J connectivity index is 2.62. The first kappa shape index (κ1) is 9.74. The van der Waals surface area contributed by atoms with Crippen LogP contribution in [0.5, 0.6) is 0 Å². The number of benzene rings is 1. The van der Waals surface area contributed by atoms with E-state index >= 15 is 0 Å². The molecule has 0 aromatic heterocycles. The largest absolute Gasteiger partial charge is 0.309 e. The van der Waals surface area contributed by atoms with E-state index in [1.54, 1.807) is 7.05 Å². The van der Waals surface area contributed by atoms with Crippen LogP contribution in [0.2, 0.25) is 0 Å². The minimum Gasteiger partial charge on any atom is -0.309 e. The number of hydrogen-bond donors (Lipinski definition) is 1. The van der Waals surface area contributed by atoms with Crippen LogP contribution in [0.1, 0.15) is 5.56 Å². The van der Waals surface area contributed by atoms with Crippen molar-refractivity contribution in [2.75, 3.05) is 7.05 Å². The molecule has 1 atom stereocenters. The van der Waals surface area contributed by atoms with Gasteiger partial charge in [0.05, 0.1) is 6.04 Å². The van der Waals surface area contributed by atoms with Crippen LogP contribution in [0.3, 0.4) is 0 Å². The second-order valence-electron chi connectivity index (χ2n) is 2.90. The lowest BCUT2D eigenvalue weighted by molar-refractivity contribution is -0.120. The number of carbonyl (C=O) groups is 1. The summed E-state index contributed by atoms with van der Waals surface area (Å²) < 4.78 is 0. The van der Waals surface area contributed by atoms with Crippen LogP contribution in [-0.2, 0) is 11.2 Å². The number of nitrogens with one attached hydrogen (secondary N) is 2. The molecule has 1 aromatic carbocycles. The number of rotatable bonds is 4. The molecule has 0 saturated carbocycles. The van der Waals surface area contributed by atoms with Gasteiger partial charge in [-0.15, -0.1) is 0 Å². The van der Waals surface area contributed by atoms with E-state index in [1.807, 2.05) is 30.3 Å². The Morgan fingerprint density at radius 2 is 2.08 bits per heavy atom. The van der Waals surface area contributed by atoms with Crippen molar-refractivity contribution in [3.05, 3.63) is 35.9 Å². The molecule has 1 rings (SSSR count). The Kier molecular flexibility index (Phi) is 3.46. The Morgan fingerprint density at radius 3 is 2.54 bits per heavy atom. The van der Waals surface area contributed by atoms with Gasteiger partial charge in [0, 0.05) is 0 Å². The lowest BCUT2D eigenvalue weighted by Gasteiger charge is -2.10. The van der Waals surface area contributed by atoms with E-state index in [9.17, 15) is 4.79 Å². The zero-order chi connectivity index (χ0) is 9.68. The molecule has 69 valence electrons. The predicted molar refractivity (Wildman–Crippen MR) is 51.1 cm³/mol. The van der Waals surface area contributed by atoms with E-state index < -0.39 is 5.91 Å². The maximum absolute atomic E-state index is 10.8. The fourth-order valence-corrected chi connectivity index (χ4v) is 1.18. The molecule has 1 aromatic rings. The van der Waals surface area contributed by atoms with Gasteiger partial charge in [-0.3, -0.25) is 10.5 Å². The van der Waals surface area contributed by atoms with Crippen molar-refractivity contribution >= 4 is 5.91 Å². The molecular weight excluding hydrogens is 164 g/mol. The van der Waals surface area contributed by atoms with Gasteiger partial charge in [-0.25, -0.2) is 0 Å². The van der Waals surface area contributed by atoms with Gasteiger partial charge in [0.15, 0.2) is 0 Å². The van der Waals surface area contributed by atoms with Crippen LogP contribution >= 0.6 is 0 Å². The average Bonchev–Trinajstić information content (AvgIpc) is 2.15. The third-order valence-electron chi connectivity index (χ3n) is 1.95. The lowest BCUT2D eigenvalue weighted by Crippen LogP contribution is -2.36. The first-order valence-electron chi connectivity index (χ1n) is 4.20. The Labute approximate surface area is 77.9 Å². The summed E-state index contributed by atoms with van der Waals surface area (Å²) in [6.07, 6.45) is 0.583. The van der Waals surface area contributed by atoms with Crippen LogP contribution in [-0.4, -0.2) is 19.0 Å². The number of amides is 1. The first-order chi connectivity index (χ1) is 6.24. The van der Waals surface area contributed by atoms with Gasteiger partial charge >= 0.3 is 0 Å². The van der Waals surface area contributed by atoms with Crippen molar-refractivity contribution in [2.45, 2.75) is 12.5 Å². The minimum absolute atomic E-state index is 0.387. The highest BCUT2D eigenvalue weighted by molar-refractivity contribution is 5.79. The summed E-state index contributed by atoms with van der Waals surface area (Å²) in [6.45, 7) is 0. The van der Waals surface area contributed by atoms with E-state index in [1.165, 1.54) is 0 Å². The van der Waals surface area contributed by atoms with Gasteiger partial charge in [0.1, 0.15) is 0 Å². The summed E-state index contributed by atoms with van der Waals surface area (Å²) in [5.74, 6) is -0.564. The molecular formula is C10H13N2O. The quantitative estimate of drug-likeness (QED) is 0.733. The molecule has 0 fully saturated rings. The highest BCUT2D eigenvalue weighted by atomic mass is 16.1. The third-order valence-corrected chi connectivity index (χ3v) is 1.95. The van der Waals surface area contributed by atoms with Crippen molar-refractivity contribution < 1.29 is 4.79 Å². The minimum atomic E-state index is -0.564. The second-order valence-corrected chi connectivity index (χ2v) is 2.90. The molecule has 0 aliphatic rings. The van der Waals surface area contributed by atoms with Crippen molar-refractivity contribution in [1.29, 1.82) is 0 Å². The Morgan fingerprint density at radius 1 is 1.46 bits per heavy atom. The van der Waals surface area contributed by atoms with Gasteiger partial charge in [-0.05, 0) is 19.0 Å². The van der Waals surface area contributed by atoms with E-state index in [4.69, 9.17) is 5.73 Å². The van der Waals surface area contributed by atoms with Gasteiger partial charge < -0.3 is 5.32 Å². The van der Waals surface area contributed by atoms with Crippen LogP contribution in [0.25, 0.3) is 0 Å². The molecule has 0 aliphatic heterocycles. The first-order valence-corrected chi connectivity index (χ1v) is 4.20. The van der Waals surface area contributed by atoms with Crippen LogP contribution < -0.4 is 11.1 Å². The molecule has 3 nitrogen and oxygen atoms in total. The molecule has 1 amide bonds. The highest BCUT2D eigenvalue weighted by Gasteiger charge is 2.13. The van der Waals surface area contributed by atoms with Crippen molar-refractivity contribution in [3.8, 4) is 0 Å². The monoisotopic (exact) mass is 177 g/mol. The van der Waals surface area contributed by atoms with Crippen LogP contribution in [0, 0.1) is 0 Å². The molecule has 0 saturated heterocycles. The van der Waals surface area contributed by atoms with Crippen molar-refractivity contribution in [3.63, 3.8) is 0 Å². The van der Waals surface area contributed by atoms with Gasteiger partial charge in [0.2, 0.25) is 0 Å². The maximum atomic E-state index is 10.8. The molecule has 0 heterocycles. The molecule has 0 unspecified atom stereocenters. The number of hydrogen-bond acceptors (Lipinski definition) is 2. The summed E-state index contributed by atoms with van der Waals surface area (Å²) in [7, 11) is 1.69. The fraction of sp³-hybridized carbons (Fsp3) is 0.300. The van der Waals surface area contributed by atoms with E-state index in [0.29, 0.717) is 6.42 Å². The SMILES string of the molecule is CN[C@@H](Cc1ccccc1)C([NH])=O. The van der Waals surface area contributed by atoms with Gasteiger partial charge in [-0.2, -0.15) is 0 Å². The highest BCUT2D eigenvalue weighted by Crippen LogP contribution is 2.02. The molecule has 13 heavy (non-hydrogen) atoms. The molecule has 0 spiro atoms. The fourth-order valence-electron chi connectivity index (χ4n) is 1.18. The van der Waals surface area contributed by atoms with Gasteiger partial charge in [-0.1, -0.05) is 30.3 Å². The van der Waals surface area contributed by atoms with Crippen molar-refractivity contribution in [2.24, 2.45) is 0 Å². The van der Waals surface area contributed by atoms with Crippen molar-refractivity contribution in [1.82, 2.24) is 11.1 Å². The molecule has 1 radical (unpaired) electrons. The molecule has 3 heteroatoms. The number of carbonyl (C=O) groups excluding carboxylic acids is 1. The van der Waals surface area contributed by atoms with Crippen LogP contribution in [0.15, 0.2) is 30.3 Å². The summed E-state index contributed by atoms with van der Waals surface area (Å²) in [5.41, 5.74) is 8.05. The summed E-state index contributed by atoms with van der Waals surface area (Å²) in [4.78, 5) is 10.8. The van der Waals surface area contributed by atoms with E-state index in [0.717, 1.165) is 5.56 Å². The second kappa shape index (κ2) is 4.62. The molecule has 2 N–H and O–H groups in total. The Hall–Kier alpha value is -1.35. The molecule has 0 bridgehead atoms. The maximum Gasteiger partial charge on any atom is 0.255 e. The summed E-state index contributed by atoms with van der Waals surface area (Å²) in [5, 5.41) is 2.81. The standard InChI is InChI=1S/C10H13N2O/c1-12-9(10(11)13)7-8-5-3-2-4-6-8/h2-6,9,11-12H,7H2,1H3/t9-/m0/s1. The summed E-state index contributed by atoms with van der Waals surface area (Å²) in [6, 6.07) is 9.30. The predicted octanol–water partition coefficient (Wildman–Crippen LogP) is 0.627. The zero-order valence-electron chi connectivity index (χ0n) is 7.58. The zero-order valence-corrected chi connectivity index (χ0v) is 7.58. The lowest BCUT2D eigenvalue weighted by atomic mass is 10.1. The number of likely N-dealkylation sites (N-methyl/N-ethyl adjacent to an activating group) is 1. The van der Waals surface area contributed by atoms with E-state index in [-0.39, 0.29) is 6.04 Å². The Bertz CT molecular complexity index is 272.